The molecule has 2 aliphatic carbocycles. The summed E-state index contributed by atoms with van der Waals surface area (Å²) in [5.74, 6) is 0. The van der Waals surface area contributed by atoms with E-state index < -0.39 is 11.2 Å². The smallest absolute Gasteiger partial charge is 0.0648 e. The molecule has 0 heterocycles. The second-order valence-electron chi connectivity index (χ2n) is 13.3. The molecule has 2 N–H and O–H groups in total. The summed E-state index contributed by atoms with van der Waals surface area (Å²) in [7, 11) is 0. The summed E-state index contributed by atoms with van der Waals surface area (Å²) in [5, 5.41) is 23.3. The lowest BCUT2D eigenvalue weighted by Gasteiger charge is -2.46. The third-order valence-corrected chi connectivity index (χ3v) is 10.9. The number of benzene rings is 4. The molecule has 0 spiro atoms. The van der Waals surface area contributed by atoms with E-state index in [0.29, 0.717) is 0 Å². The fourth-order valence-corrected chi connectivity index (χ4v) is 8.21. The normalized spacial score (nSPS) is 20.5. The Kier molecular flexibility index (Phi) is 8.39. The molecule has 6 rings (SSSR count). The molecule has 0 saturated heterocycles. The highest BCUT2D eigenvalue weighted by atomic mass is 16.3. The van der Waals surface area contributed by atoms with Crippen LogP contribution in [0.5, 0.6) is 0 Å². The summed E-state index contributed by atoms with van der Waals surface area (Å²) in [6.45, 7) is 0. The van der Waals surface area contributed by atoms with E-state index in [9.17, 15) is 10.2 Å². The third kappa shape index (κ3) is 5.85. The van der Waals surface area contributed by atoms with Gasteiger partial charge in [0.05, 0.1) is 11.2 Å². The summed E-state index contributed by atoms with van der Waals surface area (Å²) < 4.78 is 0. The number of hydrogen-bond acceptors (Lipinski definition) is 2. The van der Waals surface area contributed by atoms with Gasteiger partial charge in [-0.05, 0) is 86.5 Å². The first kappa shape index (κ1) is 28.9. The van der Waals surface area contributed by atoms with Crippen molar-refractivity contribution in [1.82, 2.24) is 0 Å². The first-order chi connectivity index (χ1) is 20.5. The van der Waals surface area contributed by atoms with Gasteiger partial charge in [0.1, 0.15) is 0 Å². The van der Waals surface area contributed by atoms with Crippen molar-refractivity contribution in [2.24, 2.45) is 0 Å². The van der Waals surface area contributed by atoms with Crippen LogP contribution in [0.3, 0.4) is 0 Å². The van der Waals surface area contributed by atoms with Crippen LogP contribution in [0.25, 0.3) is 0 Å². The van der Waals surface area contributed by atoms with Gasteiger partial charge in [-0.25, -0.2) is 0 Å². The first-order valence-electron chi connectivity index (χ1n) is 16.1. The van der Waals surface area contributed by atoms with E-state index in [1.807, 2.05) is 0 Å². The van der Waals surface area contributed by atoms with Gasteiger partial charge < -0.3 is 10.2 Å². The van der Waals surface area contributed by atoms with Gasteiger partial charge in [-0.3, -0.25) is 0 Å². The molecule has 2 heteroatoms. The zero-order valence-corrected chi connectivity index (χ0v) is 24.9. The van der Waals surface area contributed by atoms with E-state index in [2.05, 4.69) is 121 Å². The van der Waals surface area contributed by atoms with Crippen LogP contribution in [0.15, 0.2) is 121 Å². The molecule has 0 amide bonds. The highest BCUT2D eigenvalue weighted by Crippen LogP contribution is 2.50. The fraction of sp³-hybridized carbons (Fsp3) is 0.400. The van der Waals surface area contributed by atoms with Crippen LogP contribution in [-0.2, 0) is 10.8 Å². The predicted octanol–water partition coefficient (Wildman–Crippen LogP) is 9.13. The molecule has 4 aromatic rings. The van der Waals surface area contributed by atoms with E-state index in [1.165, 1.54) is 22.3 Å². The molecule has 0 radical (unpaired) electrons. The molecule has 2 saturated carbocycles. The minimum absolute atomic E-state index is 0.0317. The Morgan fingerprint density at radius 1 is 0.357 bits per heavy atom. The molecule has 218 valence electrons. The second kappa shape index (κ2) is 12.2. The van der Waals surface area contributed by atoms with Crippen LogP contribution in [-0.4, -0.2) is 21.4 Å². The molecule has 42 heavy (non-hydrogen) atoms. The molecule has 0 aromatic heterocycles. The third-order valence-electron chi connectivity index (χ3n) is 10.9. The van der Waals surface area contributed by atoms with Gasteiger partial charge in [0.25, 0.3) is 0 Å². The molecular formula is C40H46O2. The van der Waals surface area contributed by atoms with E-state index in [1.54, 1.807) is 0 Å². The van der Waals surface area contributed by atoms with Crippen molar-refractivity contribution >= 4 is 0 Å². The highest BCUT2D eigenvalue weighted by molar-refractivity contribution is 5.41. The average Bonchev–Trinajstić information content (AvgIpc) is 3.06. The molecule has 2 aliphatic rings. The Labute approximate surface area is 252 Å². The summed E-state index contributed by atoms with van der Waals surface area (Å²) >= 11 is 0. The lowest BCUT2D eigenvalue weighted by atomic mass is 9.61. The minimum atomic E-state index is -0.613. The summed E-state index contributed by atoms with van der Waals surface area (Å²) in [5.41, 5.74) is 4.15. The molecule has 4 aromatic carbocycles. The minimum Gasteiger partial charge on any atom is -0.390 e. The summed E-state index contributed by atoms with van der Waals surface area (Å²) in [4.78, 5) is 0. The first-order valence-corrected chi connectivity index (χ1v) is 16.1. The monoisotopic (exact) mass is 558 g/mol. The van der Waals surface area contributed by atoms with E-state index in [-0.39, 0.29) is 10.8 Å². The Balaban J connectivity index is 1.05. The van der Waals surface area contributed by atoms with Gasteiger partial charge in [0.15, 0.2) is 0 Å². The van der Waals surface area contributed by atoms with Crippen molar-refractivity contribution in [3.8, 4) is 0 Å². The number of rotatable bonds is 9. The van der Waals surface area contributed by atoms with Crippen LogP contribution >= 0.6 is 0 Å². The number of unbranched alkanes of at least 4 members (excludes halogenated alkanes) is 1. The van der Waals surface area contributed by atoms with Crippen LogP contribution in [0.2, 0.25) is 0 Å². The lowest BCUT2D eigenvalue weighted by molar-refractivity contribution is -0.0316. The van der Waals surface area contributed by atoms with E-state index in [0.717, 1.165) is 77.0 Å². The quantitative estimate of drug-likeness (QED) is 0.201. The molecule has 0 bridgehead atoms. The predicted molar refractivity (Wildman–Crippen MR) is 173 cm³/mol. The van der Waals surface area contributed by atoms with Gasteiger partial charge in [-0.15, -0.1) is 0 Å². The average molecular weight is 559 g/mol. The Bertz CT molecular complexity index is 1190. The van der Waals surface area contributed by atoms with Crippen molar-refractivity contribution in [3.05, 3.63) is 144 Å². The van der Waals surface area contributed by atoms with Crippen LogP contribution < -0.4 is 0 Å². The van der Waals surface area contributed by atoms with E-state index >= 15 is 0 Å². The maximum Gasteiger partial charge on any atom is 0.0648 e. The van der Waals surface area contributed by atoms with Crippen molar-refractivity contribution in [3.63, 3.8) is 0 Å². The SMILES string of the molecule is OC1(CCCCC2(O)CCC(c3ccccc3)(c3ccccc3)CC2)CCC(c2ccccc2)(c2ccccc2)CC1. The topological polar surface area (TPSA) is 40.5 Å². The van der Waals surface area contributed by atoms with Gasteiger partial charge >= 0.3 is 0 Å². The summed E-state index contributed by atoms with van der Waals surface area (Å²) in [6.07, 6.45) is 10.7. The molecular weight excluding hydrogens is 512 g/mol. The molecule has 2 fully saturated rings. The van der Waals surface area contributed by atoms with Crippen LogP contribution in [0.4, 0.5) is 0 Å². The maximum atomic E-state index is 11.7. The Hall–Kier alpha value is -3.20. The molecule has 2 nitrogen and oxygen atoms in total. The highest BCUT2D eigenvalue weighted by Gasteiger charge is 2.45. The van der Waals surface area contributed by atoms with Crippen LogP contribution in [0.1, 0.15) is 99.3 Å². The Morgan fingerprint density at radius 2 is 0.595 bits per heavy atom. The maximum absolute atomic E-state index is 11.7. The fourth-order valence-electron chi connectivity index (χ4n) is 8.21. The standard InChI is InChI=1S/C40H46O2/c41-37(25-29-39(30-26-37,33-15-5-1-6-16-33)34-17-7-2-8-18-34)23-13-14-24-38(42)27-31-40(32-28-38,35-19-9-3-10-20-35)36-21-11-4-12-22-36/h1-12,15-22,41-42H,13-14,23-32H2. The van der Waals surface area contributed by atoms with Crippen molar-refractivity contribution in [1.29, 1.82) is 0 Å². The summed E-state index contributed by atoms with van der Waals surface area (Å²) in [6, 6.07) is 43.5. The Morgan fingerprint density at radius 3 is 0.833 bits per heavy atom. The molecule has 0 atom stereocenters. The molecule has 0 unspecified atom stereocenters. The second-order valence-corrected chi connectivity index (χ2v) is 13.3. The van der Waals surface area contributed by atoms with Gasteiger partial charge in [-0.2, -0.15) is 0 Å². The van der Waals surface area contributed by atoms with Crippen molar-refractivity contribution < 1.29 is 10.2 Å². The lowest BCUT2D eigenvalue weighted by Crippen LogP contribution is -2.42. The number of hydrogen-bond donors (Lipinski definition) is 2. The zero-order valence-electron chi connectivity index (χ0n) is 24.9. The molecule has 0 aliphatic heterocycles. The van der Waals surface area contributed by atoms with Gasteiger partial charge in [0.2, 0.25) is 0 Å². The van der Waals surface area contributed by atoms with Crippen molar-refractivity contribution in [2.75, 3.05) is 0 Å². The van der Waals surface area contributed by atoms with Crippen LogP contribution in [0, 0.1) is 0 Å². The van der Waals surface area contributed by atoms with Gasteiger partial charge in [-0.1, -0.05) is 134 Å². The number of aliphatic hydroxyl groups is 2. The zero-order chi connectivity index (χ0) is 28.9. The largest absolute Gasteiger partial charge is 0.390 e. The van der Waals surface area contributed by atoms with Crippen molar-refractivity contribution in [2.45, 2.75) is 99.1 Å². The van der Waals surface area contributed by atoms with Gasteiger partial charge in [0, 0.05) is 10.8 Å². The van der Waals surface area contributed by atoms with E-state index in [4.69, 9.17) is 0 Å².